The molecule has 0 aliphatic heterocycles. The molecule has 0 fully saturated rings. The van der Waals surface area contributed by atoms with Gasteiger partial charge in [0.2, 0.25) is 0 Å². The quantitative estimate of drug-likeness (QED) is 0.803. The summed E-state index contributed by atoms with van der Waals surface area (Å²) in [6.45, 7) is 6.64. The zero-order valence-corrected chi connectivity index (χ0v) is 11.2. The molecular weight excluding hydrogens is 198 g/mol. The molecule has 1 N–H and O–H groups in total. The van der Waals surface area contributed by atoms with Gasteiger partial charge in [0.05, 0.1) is 5.69 Å². The minimum atomic E-state index is 0.443. The summed E-state index contributed by atoms with van der Waals surface area (Å²) in [4.78, 5) is 0. The van der Waals surface area contributed by atoms with Crippen LogP contribution >= 0.6 is 0 Å². The average Bonchev–Trinajstić information content (AvgIpc) is 2.60. The van der Waals surface area contributed by atoms with Crippen molar-refractivity contribution >= 4 is 0 Å². The first-order valence-corrected chi connectivity index (χ1v) is 6.29. The fraction of sp³-hybridized carbons (Fsp3) is 0.769. The van der Waals surface area contributed by atoms with Crippen LogP contribution in [-0.2, 0) is 7.05 Å². The summed E-state index contributed by atoms with van der Waals surface area (Å²) >= 11 is 0. The topological polar surface area (TPSA) is 29.9 Å². The third-order valence-electron chi connectivity index (χ3n) is 3.50. The van der Waals surface area contributed by atoms with E-state index in [9.17, 15) is 0 Å². The molecule has 3 heteroatoms. The van der Waals surface area contributed by atoms with Crippen LogP contribution in [0.3, 0.4) is 0 Å². The van der Waals surface area contributed by atoms with Gasteiger partial charge in [0.15, 0.2) is 0 Å². The van der Waals surface area contributed by atoms with Crippen LogP contribution < -0.4 is 5.32 Å². The Bertz CT molecular complexity index is 313. The van der Waals surface area contributed by atoms with Crippen LogP contribution in [0.2, 0.25) is 0 Å². The van der Waals surface area contributed by atoms with Crippen molar-refractivity contribution in [2.75, 3.05) is 7.05 Å². The molecule has 1 aromatic heterocycles. The summed E-state index contributed by atoms with van der Waals surface area (Å²) in [6.07, 6.45) is 5.86. The van der Waals surface area contributed by atoms with Crippen molar-refractivity contribution in [3.8, 4) is 0 Å². The second-order valence-corrected chi connectivity index (χ2v) is 4.60. The zero-order chi connectivity index (χ0) is 12.1. The molecule has 92 valence electrons. The molecule has 0 aliphatic carbocycles. The number of nitrogens with zero attached hydrogens (tertiary/aromatic N) is 2. The molecule has 0 saturated carbocycles. The Morgan fingerprint density at radius 1 is 1.38 bits per heavy atom. The van der Waals surface area contributed by atoms with Crippen LogP contribution in [0.4, 0.5) is 0 Å². The van der Waals surface area contributed by atoms with Crippen LogP contribution in [0.5, 0.6) is 0 Å². The third-order valence-corrected chi connectivity index (χ3v) is 3.50. The van der Waals surface area contributed by atoms with E-state index >= 15 is 0 Å². The lowest BCUT2D eigenvalue weighted by atomic mass is 9.91. The molecule has 0 spiro atoms. The van der Waals surface area contributed by atoms with E-state index in [1.54, 1.807) is 0 Å². The van der Waals surface area contributed by atoms with Crippen molar-refractivity contribution in [1.82, 2.24) is 15.1 Å². The Labute approximate surface area is 99.2 Å². The molecule has 1 unspecified atom stereocenters. The molecule has 0 amide bonds. The molecule has 1 atom stereocenters. The summed E-state index contributed by atoms with van der Waals surface area (Å²) in [5.41, 5.74) is 2.49. The Morgan fingerprint density at radius 2 is 2.00 bits per heavy atom. The molecule has 0 radical (unpaired) electrons. The number of aromatic nitrogens is 2. The molecule has 1 rings (SSSR count). The third kappa shape index (κ3) is 3.08. The summed E-state index contributed by atoms with van der Waals surface area (Å²) in [6, 6.07) is 0.443. The van der Waals surface area contributed by atoms with Gasteiger partial charge in [0, 0.05) is 24.8 Å². The van der Waals surface area contributed by atoms with Crippen molar-refractivity contribution in [2.24, 2.45) is 13.0 Å². The van der Waals surface area contributed by atoms with Gasteiger partial charge in [0.1, 0.15) is 0 Å². The van der Waals surface area contributed by atoms with Crippen molar-refractivity contribution in [3.05, 3.63) is 17.5 Å². The number of rotatable bonds is 6. The fourth-order valence-electron chi connectivity index (χ4n) is 2.32. The summed E-state index contributed by atoms with van der Waals surface area (Å²) in [5, 5.41) is 7.83. The molecule has 16 heavy (non-hydrogen) atoms. The van der Waals surface area contributed by atoms with Gasteiger partial charge >= 0.3 is 0 Å². The van der Waals surface area contributed by atoms with Crippen LogP contribution in [0.25, 0.3) is 0 Å². The van der Waals surface area contributed by atoms with E-state index in [0.717, 1.165) is 11.6 Å². The van der Waals surface area contributed by atoms with Gasteiger partial charge < -0.3 is 5.32 Å². The first-order chi connectivity index (χ1) is 7.62. The maximum absolute atomic E-state index is 4.42. The van der Waals surface area contributed by atoms with Gasteiger partial charge in [-0.25, -0.2) is 0 Å². The maximum Gasteiger partial charge on any atom is 0.0641 e. The summed E-state index contributed by atoms with van der Waals surface area (Å²) < 4.78 is 1.90. The summed E-state index contributed by atoms with van der Waals surface area (Å²) in [5.74, 6) is 0.803. The minimum Gasteiger partial charge on any atom is -0.313 e. The molecule has 1 aromatic rings. The highest BCUT2D eigenvalue weighted by atomic mass is 15.3. The van der Waals surface area contributed by atoms with Gasteiger partial charge in [0.25, 0.3) is 0 Å². The van der Waals surface area contributed by atoms with Crippen molar-refractivity contribution in [3.63, 3.8) is 0 Å². The number of hydrogen-bond donors (Lipinski definition) is 1. The largest absolute Gasteiger partial charge is 0.313 e. The Morgan fingerprint density at radius 3 is 2.38 bits per heavy atom. The van der Waals surface area contributed by atoms with Gasteiger partial charge in [-0.2, -0.15) is 5.10 Å². The predicted molar refractivity (Wildman–Crippen MR) is 68.4 cm³/mol. The van der Waals surface area contributed by atoms with E-state index in [4.69, 9.17) is 0 Å². The van der Waals surface area contributed by atoms with E-state index in [-0.39, 0.29) is 0 Å². The first-order valence-electron chi connectivity index (χ1n) is 6.29. The molecule has 1 heterocycles. The van der Waals surface area contributed by atoms with E-state index in [2.05, 4.69) is 37.4 Å². The number of aryl methyl sites for hydroxylation is 2. The van der Waals surface area contributed by atoms with Crippen LogP contribution in [0.1, 0.15) is 50.4 Å². The highest BCUT2D eigenvalue weighted by Crippen LogP contribution is 2.26. The second kappa shape index (κ2) is 6.04. The average molecular weight is 223 g/mol. The normalized spacial score (nSPS) is 13.4. The van der Waals surface area contributed by atoms with Gasteiger partial charge in [-0.1, -0.05) is 26.7 Å². The molecule has 0 saturated heterocycles. The van der Waals surface area contributed by atoms with Gasteiger partial charge in [-0.05, 0) is 26.3 Å². The Balaban J connectivity index is 2.77. The maximum atomic E-state index is 4.42. The highest BCUT2D eigenvalue weighted by Gasteiger charge is 2.18. The second-order valence-electron chi connectivity index (χ2n) is 4.60. The molecule has 3 nitrogen and oxygen atoms in total. The predicted octanol–water partition coefficient (Wildman–Crippen LogP) is 2.82. The monoisotopic (exact) mass is 223 g/mol. The standard InChI is InChI=1S/C13H25N3/c1-6-11(7-2)8-13(14-4)12-9-16(5)15-10(12)3/h9,11,13-14H,6-8H2,1-5H3. The lowest BCUT2D eigenvalue weighted by Crippen LogP contribution is -2.20. The summed E-state index contributed by atoms with van der Waals surface area (Å²) in [7, 11) is 4.03. The van der Waals surface area contributed by atoms with Crippen molar-refractivity contribution in [1.29, 1.82) is 0 Å². The van der Waals surface area contributed by atoms with E-state index in [0.29, 0.717) is 6.04 Å². The lowest BCUT2D eigenvalue weighted by molar-refractivity contribution is 0.384. The molecule has 0 aromatic carbocycles. The van der Waals surface area contributed by atoms with Crippen LogP contribution in [0, 0.1) is 12.8 Å². The number of nitrogens with one attached hydrogen (secondary N) is 1. The van der Waals surface area contributed by atoms with Crippen LogP contribution in [-0.4, -0.2) is 16.8 Å². The SMILES string of the molecule is CCC(CC)CC(NC)c1cn(C)nc1C. The van der Waals surface area contributed by atoms with Crippen molar-refractivity contribution < 1.29 is 0 Å². The van der Waals surface area contributed by atoms with E-state index in [1.165, 1.54) is 24.8 Å². The van der Waals surface area contributed by atoms with Gasteiger partial charge in [-0.15, -0.1) is 0 Å². The molecule has 0 aliphatic rings. The molecule has 0 bridgehead atoms. The Kier molecular flexibility index (Phi) is 5.00. The van der Waals surface area contributed by atoms with E-state index < -0.39 is 0 Å². The Hall–Kier alpha value is -0.830. The van der Waals surface area contributed by atoms with Crippen molar-refractivity contribution in [2.45, 2.75) is 46.1 Å². The highest BCUT2D eigenvalue weighted by molar-refractivity contribution is 5.20. The number of hydrogen-bond acceptors (Lipinski definition) is 2. The first kappa shape index (κ1) is 13.2. The van der Waals surface area contributed by atoms with Crippen LogP contribution in [0.15, 0.2) is 6.20 Å². The fourth-order valence-corrected chi connectivity index (χ4v) is 2.32. The molecular formula is C13H25N3. The zero-order valence-electron chi connectivity index (χ0n) is 11.2. The minimum absolute atomic E-state index is 0.443. The smallest absolute Gasteiger partial charge is 0.0641 e. The van der Waals surface area contributed by atoms with Gasteiger partial charge in [-0.3, -0.25) is 4.68 Å². The lowest BCUT2D eigenvalue weighted by Gasteiger charge is -2.21. The van der Waals surface area contributed by atoms with E-state index in [1.807, 2.05) is 18.8 Å².